The van der Waals surface area contributed by atoms with Crippen molar-refractivity contribution in [1.29, 1.82) is 0 Å². The van der Waals surface area contributed by atoms with E-state index in [0.717, 1.165) is 0 Å². The van der Waals surface area contributed by atoms with E-state index in [-0.39, 0.29) is 35.4 Å². The summed E-state index contributed by atoms with van der Waals surface area (Å²) in [6.45, 7) is 7.94. The molecule has 8 heteroatoms. The van der Waals surface area contributed by atoms with Gasteiger partial charge < -0.3 is 9.47 Å². The summed E-state index contributed by atoms with van der Waals surface area (Å²) in [5.41, 5.74) is 1.86. The molecule has 3 aromatic rings. The molecule has 170 valence electrons. The molecule has 0 aliphatic heterocycles. The maximum Gasteiger partial charge on any atom is 0.254 e. The van der Waals surface area contributed by atoms with Crippen LogP contribution in [0.1, 0.15) is 55.4 Å². The molecule has 0 saturated heterocycles. The van der Waals surface area contributed by atoms with Gasteiger partial charge in [-0.1, -0.05) is 41.9 Å². The summed E-state index contributed by atoms with van der Waals surface area (Å²) in [6.07, 6.45) is 1.55. The maximum atomic E-state index is 13.2. The van der Waals surface area contributed by atoms with Crippen LogP contribution in [0, 0.1) is 0 Å². The van der Waals surface area contributed by atoms with Crippen molar-refractivity contribution in [3.8, 4) is 0 Å². The third kappa shape index (κ3) is 5.40. The summed E-state index contributed by atoms with van der Waals surface area (Å²) in [5.74, 6) is -0.312. The molecule has 1 amide bonds. The Hall–Kier alpha value is -2.64. The van der Waals surface area contributed by atoms with E-state index in [1.807, 2.05) is 45.9 Å². The maximum absolute atomic E-state index is 13.2. The van der Waals surface area contributed by atoms with Crippen LogP contribution in [0.15, 0.2) is 66.0 Å². The molecular weight excluding hydrogens is 446 g/mol. The van der Waals surface area contributed by atoms with E-state index in [2.05, 4.69) is 4.98 Å². The molecule has 0 unspecified atom stereocenters. The van der Waals surface area contributed by atoms with Crippen LogP contribution < -0.4 is 0 Å². The fourth-order valence-electron chi connectivity index (χ4n) is 3.60. The molecule has 6 nitrogen and oxygen atoms in total. The SMILES string of the molecule is CC(C)N(Cc1cnc(S(=O)(=O)Cc2cccc(Cl)c2)n1C(C)C)C(=O)c1ccccc1. The first kappa shape index (κ1) is 24.0. The Morgan fingerprint density at radius 3 is 2.34 bits per heavy atom. The number of sulfone groups is 1. The van der Waals surface area contributed by atoms with Crippen molar-refractivity contribution in [3.63, 3.8) is 0 Å². The molecule has 0 bridgehead atoms. The van der Waals surface area contributed by atoms with E-state index in [9.17, 15) is 13.2 Å². The lowest BCUT2D eigenvalue weighted by molar-refractivity contribution is 0.0684. The largest absolute Gasteiger partial charge is 0.330 e. The van der Waals surface area contributed by atoms with Gasteiger partial charge in [-0.15, -0.1) is 0 Å². The summed E-state index contributed by atoms with van der Waals surface area (Å²) in [6, 6.07) is 15.6. The Labute approximate surface area is 194 Å². The van der Waals surface area contributed by atoms with Gasteiger partial charge >= 0.3 is 0 Å². The molecular formula is C24H28ClN3O3S. The van der Waals surface area contributed by atoms with Gasteiger partial charge in [-0.05, 0) is 57.5 Å². The fourth-order valence-corrected chi connectivity index (χ4v) is 5.40. The molecule has 1 aromatic heterocycles. The zero-order chi connectivity index (χ0) is 23.5. The first-order chi connectivity index (χ1) is 15.1. The van der Waals surface area contributed by atoms with Crippen molar-refractivity contribution < 1.29 is 13.2 Å². The van der Waals surface area contributed by atoms with Gasteiger partial charge in [-0.2, -0.15) is 0 Å². The predicted octanol–water partition coefficient (Wildman–Crippen LogP) is 5.14. The number of benzene rings is 2. The number of amides is 1. The van der Waals surface area contributed by atoms with Gasteiger partial charge in [0.15, 0.2) is 0 Å². The number of imidazole rings is 1. The first-order valence-electron chi connectivity index (χ1n) is 10.5. The van der Waals surface area contributed by atoms with Crippen molar-refractivity contribution in [1.82, 2.24) is 14.5 Å². The minimum Gasteiger partial charge on any atom is -0.330 e. The molecule has 0 spiro atoms. The van der Waals surface area contributed by atoms with Crippen molar-refractivity contribution in [2.75, 3.05) is 0 Å². The lowest BCUT2D eigenvalue weighted by Crippen LogP contribution is -2.37. The van der Waals surface area contributed by atoms with Crippen molar-refractivity contribution in [3.05, 3.63) is 82.6 Å². The second-order valence-electron chi connectivity index (χ2n) is 8.28. The van der Waals surface area contributed by atoms with Gasteiger partial charge in [0.05, 0.1) is 24.2 Å². The first-order valence-corrected chi connectivity index (χ1v) is 12.5. The van der Waals surface area contributed by atoms with E-state index < -0.39 is 9.84 Å². The molecule has 2 aromatic carbocycles. The number of carbonyl (C=O) groups is 1. The number of nitrogens with zero attached hydrogens (tertiary/aromatic N) is 3. The number of halogens is 1. The van der Waals surface area contributed by atoms with Crippen LogP contribution in [-0.2, 0) is 22.1 Å². The predicted molar refractivity (Wildman–Crippen MR) is 126 cm³/mol. The molecule has 0 fully saturated rings. The smallest absolute Gasteiger partial charge is 0.254 e. The number of carbonyl (C=O) groups excluding carboxylic acids is 1. The molecule has 0 radical (unpaired) electrons. The summed E-state index contributed by atoms with van der Waals surface area (Å²) >= 11 is 6.02. The van der Waals surface area contributed by atoms with Crippen LogP contribution in [0.3, 0.4) is 0 Å². The second-order valence-corrected chi connectivity index (χ2v) is 10.6. The highest BCUT2D eigenvalue weighted by Crippen LogP contribution is 2.24. The highest BCUT2D eigenvalue weighted by molar-refractivity contribution is 7.90. The molecule has 0 N–H and O–H groups in total. The van der Waals surface area contributed by atoms with Crippen LogP contribution in [-0.4, -0.2) is 34.8 Å². The Kier molecular flexibility index (Phi) is 7.41. The molecule has 1 heterocycles. The van der Waals surface area contributed by atoms with Gasteiger partial charge in [-0.25, -0.2) is 13.4 Å². The topological polar surface area (TPSA) is 72.3 Å². The summed E-state index contributed by atoms with van der Waals surface area (Å²) in [7, 11) is -3.72. The Balaban J connectivity index is 1.95. The fraction of sp³-hybridized carbons (Fsp3) is 0.333. The van der Waals surface area contributed by atoms with Gasteiger partial charge in [0, 0.05) is 22.7 Å². The molecule has 0 aliphatic rings. The van der Waals surface area contributed by atoms with E-state index in [1.165, 1.54) is 0 Å². The lowest BCUT2D eigenvalue weighted by atomic mass is 10.1. The second kappa shape index (κ2) is 9.88. The number of hydrogen-bond acceptors (Lipinski definition) is 4. The standard InChI is InChI=1S/C24H28ClN3O3S/c1-17(2)27(23(29)20-10-6-5-7-11-20)15-22-14-26-24(28(22)18(3)4)32(30,31)16-19-9-8-12-21(25)13-19/h5-14,17-18H,15-16H2,1-4H3. The molecule has 0 saturated carbocycles. The molecule has 0 atom stereocenters. The van der Waals surface area contributed by atoms with Gasteiger partial charge in [0.2, 0.25) is 15.0 Å². The molecule has 3 rings (SSSR count). The van der Waals surface area contributed by atoms with Gasteiger partial charge in [0.1, 0.15) is 0 Å². The van der Waals surface area contributed by atoms with E-state index in [0.29, 0.717) is 21.8 Å². The lowest BCUT2D eigenvalue weighted by Gasteiger charge is -2.28. The van der Waals surface area contributed by atoms with Gasteiger partial charge in [0.25, 0.3) is 5.91 Å². The van der Waals surface area contributed by atoms with Crippen LogP contribution in [0.2, 0.25) is 5.02 Å². The van der Waals surface area contributed by atoms with Crippen LogP contribution in [0.25, 0.3) is 0 Å². The average molecular weight is 474 g/mol. The third-order valence-electron chi connectivity index (χ3n) is 5.12. The number of hydrogen-bond donors (Lipinski definition) is 0. The minimum absolute atomic E-state index is 0.00154. The van der Waals surface area contributed by atoms with E-state index in [4.69, 9.17) is 11.6 Å². The zero-order valence-electron chi connectivity index (χ0n) is 18.7. The summed E-state index contributed by atoms with van der Waals surface area (Å²) in [4.78, 5) is 19.1. The highest BCUT2D eigenvalue weighted by atomic mass is 35.5. The van der Waals surface area contributed by atoms with E-state index >= 15 is 0 Å². The number of rotatable bonds is 8. The normalized spacial score (nSPS) is 11.8. The zero-order valence-corrected chi connectivity index (χ0v) is 20.3. The van der Waals surface area contributed by atoms with Crippen molar-refractivity contribution >= 4 is 27.3 Å². The summed E-state index contributed by atoms with van der Waals surface area (Å²) in [5, 5.41) is 0.482. The number of aromatic nitrogens is 2. The minimum atomic E-state index is -3.72. The molecule has 32 heavy (non-hydrogen) atoms. The monoisotopic (exact) mass is 473 g/mol. The summed E-state index contributed by atoms with van der Waals surface area (Å²) < 4.78 is 28.1. The van der Waals surface area contributed by atoms with Crippen molar-refractivity contribution in [2.24, 2.45) is 0 Å². The Morgan fingerprint density at radius 1 is 1.06 bits per heavy atom. The van der Waals surface area contributed by atoms with Crippen LogP contribution in [0.5, 0.6) is 0 Å². The third-order valence-corrected chi connectivity index (χ3v) is 6.92. The van der Waals surface area contributed by atoms with Crippen molar-refractivity contribution in [2.45, 2.75) is 57.2 Å². The Bertz CT molecular complexity index is 1190. The van der Waals surface area contributed by atoms with Crippen LogP contribution in [0.4, 0.5) is 0 Å². The molecule has 0 aliphatic carbocycles. The van der Waals surface area contributed by atoms with Crippen LogP contribution >= 0.6 is 11.6 Å². The van der Waals surface area contributed by atoms with Gasteiger partial charge in [-0.3, -0.25) is 4.79 Å². The Morgan fingerprint density at radius 2 is 1.75 bits per heavy atom. The quantitative estimate of drug-likeness (QED) is 0.454. The van der Waals surface area contributed by atoms with E-state index in [1.54, 1.807) is 52.1 Å². The average Bonchev–Trinajstić information content (AvgIpc) is 3.17. The highest BCUT2D eigenvalue weighted by Gasteiger charge is 2.28.